The maximum absolute atomic E-state index is 13.4. The third-order valence-electron chi connectivity index (χ3n) is 7.27. The summed E-state index contributed by atoms with van der Waals surface area (Å²) >= 11 is 0. The van der Waals surface area contributed by atoms with Crippen molar-refractivity contribution >= 4 is 12.2 Å². The van der Waals surface area contributed by atoms with Crippen molar-refractivity contribution in [1.82, 2.24) is 19.6 Å². The molecule has 5 rings (SSSR count). The second-order valence-electron chi connectivity index (χ2n) is 11.8. The maximum atomic E-state index is 13.4. The van der Waals surface area contributed by atoms with Gasteiger partial charge in [0, 0.05) is 19.5 Å². The first kappa shape index (κ1) is 28.3. The Balaban J connectivity index is 1.50. The Hall–Kier alpha value is -4.21. The van der Waals surface area contributed by atoms with E-state index in [9.17, 15) is 14.7 Å². The fourth-order valence-electron chi connectivity index (χ4n) is 5.20. The number of aromatic nitrogens is 2. The van der Waals surface area contributed by atoms with Gasteiger partial charge in [0.15, 0.2) is 0 Å². The van der Waals surface area contributed by atoms with Crippen molar-refractivity contribution in [3.05, 3.63) is 70.9 Å². The topological polar surface area (TPSA) is 106 Å². The van der Waals surface area contributed by atoms with Crippen molar-refractivity contribution in [1.29, 1.82) is 0 Å². The molecule has 1 N–H and O–H groups in total. The molecular weight excluding hydrogens is 524 g/mol. The van der Waals surface area contributed by atoms with Crippen molar-refractivity contribution < 1.29 is 28.9 Å². The van der Waals surface area contributed by atoms with Gasteiger partial charge in [-0.25, -0.2) is 14.3 Å². The largest absolute Gasteiger partial charge is 0.506 e. The van der Waals surface area contributed by atoms with E-state index in [1.54, 1.807) is 20.5 Å². The lowest BCUT2D eigenvalue weighted by Crippen LogP contribution is -2.49. The lowest BCUT2D eigenvalue weighted by atomic mass is 9.97. The molecule has 1 atom stereocenters. The highest BCUT2D eigenvalue weighted by atomic mass is 16.6. The summed E-state index contributed by atoms with van der Waals surface area (Å²) < 4.78 is 19.2. The van der Waals surface area contributed by atoms with Gasteiger partial charge in [0.25, 0.3) is 0 Å². The quantitative estimate of drug-likeness (QED) is 0.443. The van der Waals surface area contributed by atoms with Crippen molar-refractivity contribution in [2.45, 2.75) is 65.2 Å². The minimum absolute atomic E-state index is 0.111. The average Bonchev–Trinajstić information content (AvgIpc) is 3.27. The summed E-state index contributed by atoms with van der Waals surface area (Å²) in [6.07, 6.45) is -0.508. The number of hydrogen-bond acceptors (Lipinski definition) is 7. The molecule has 0 aliphatic carbocycles. The summed E-state index contributed by atoms with van der Waals surface area (Å²) in [5, 5.41) is 15.7. The van der Waals surface area contributed by atoms with Gasteiger partial charge in [-0.15, -0.1) is 5.10 Å². The SMILES string of the molecule is CC(C)c1ccc(-n2nc3c4c2CCN(C(=O)OC(C)(C)C)C4CN(C(=O)OCc2ccccc2)CCO3)c(O)c1. The molecule has 3 aromatic rings. The van der Waals surface area contributed by atoms with Crippen molar-refractivity contribution in [2.75, 3.05) is 26.2 Å². The minimum atomic E-state index is -0.694. The normalized spacial score (nSPS) is 16.9. The van der Waals surface area contributed by atoms with Crippen molar-refractivity contribution in [2.24, 2.45) is 0 Å². The second-order valence-corrected chi connectivity index (χ2v) is 11.8. The van der Waals surface area contributed by atoms with Crippen molar-refractivity contribution in [3.8, 4) is 17.3 Å². The van der Waals surface area contributed by atoms with E-state index in [0.717, 1.165) is 16.8 Å². The van der Waals surface area contributed by atoms with E-state index < -0.39 is 23.8 Å². The molecule has 41 heavy (non-hydrogen) atoms. The monoisotopic (exact) mass is 562 g/mol. The van der Waals surface area contributed by atoms with Crippen LogP contribution in [-0.2, 0) is 22.5 Å². The Kier molecular flexibility index (Phi) is 7.84. The fourth-order valence-corrected chi connectivity index (χ4v) is 5.20. The van der Waals surface area contributed by atoms with Crippen LogP contribution in [0.1, 0.15) is 69.0 Å². The first-order chi connectivity index (χ1) is 19.5. The predicted octanol–water partition coefficient (Wildman–Crippen LogP) is 5.57. The Morgan fingerprint density at radius 3 is 2.54 bits per heavy atom. The molecule has 1 unspecified atom stereocenters. The highest BCUT2D eigenvalue weighted by molar-refractivity contribution is 5.71. The fraction of sp³-hybridized carbons (Fsp3) is 0.452. The van der Waals surface area contributed by atoms with Crippen LogP contribution in [0, 0.1) is 0 Å². The second kappa shape index (κ2) is 11.3. The van der Waals surface area contributed by atoms with Gasteiger partial charge >= 0.3 is 12.2 Å². The van der Waals surface area contributed by atoms with Gasteiger partial charge in [0.05, 0.1) is 23.8 Å². The summed E-state index contributed by atoms with van der Waals surface area (Å²) in [5.41, 5.74) is 3.25. The number of phenols is 1. The summed E-state index contributed by atoms with van der Waals surface area (Å²) in [6.45, 7) is 10.7. The van der Waals surface area contributed by atoms with Crippen molar-refractivity contribution in [3.63, 3.8) is 0 Å². The Labute approximate surface area is 240 Å². The van der Waals surface area contributed by atoms with Gasteiger partial charge in [-0.05, 0) is 49.9 Å². The third kappa shape index (κ3) is 6.11. The van der Waals surface area contributed by atoms with Gasteiger partial charge in [-0.1, -0.05) is 50.2 Å². The molecule has 3 heterocycles. The summed E-state index contributed by atoms with van der Waals surface area (Å²) in [7, 11) is 0. The molecule has 10 nitrogen and oxygen atoms in total. The number of aromatic hydroxyl groups is 1. The van der Waals surface area contributed by atoms with E-state index in [0.29, 0.717) is 30.1 Å². The molecule has 0 spiro atoms. The van der Waals surface area contributed by atoms with Crippen LogP contribution in [0.5, 0.6) is 11.6 Å². The van der Waals surface area contributed by atoms with Gasteiger partial charge < -0.3 is 24.2 Å². The van der Waals surface area contributed by atoms with Gasteiger partial charge in [0.2, 0.25) is 5.88 Å². The third-order valence-corrected chi connectivity index (χ3v) is 7.27. The lowest BCUT2D eigenvalue weighted by Gasteiger charge is -2.40. The summed E-state index contributed by atoms with van der Waals surface area (Å²) in [5.74, 6) is 0.747. The standard InChI is InChI=1S/C31H38N4O6/c1-20(2)22-11-12-23(26(36)17-22)35-24-13-14-34(30(38)41-31(3,4)5)25-18-33(15-16-39-28(32-35)27(24)25)29(37)40-19-21-9-7-6-8-10-21/h6-12,17,20,25,36H,13-16,18-19H2,1-5H3. The Morgan fingerprint density at radius 1 is 1.10 bits per heavy atom. The Morgan fingerprint density at radius 2 is 1.85 bits per heavy atom. The molecule has 2 amide bonds. The number of rotatable bonds is 4. The number of nitrogens with zero attached hydrogens (tertiary/aromatic N) is 4. The van der Waals surface area contributed by atoms with Crippen LogP contribution in [0.3, 0.4) is 0 Å². The molecule has 0 saturated carbocycles. The smallest absolute Gasteiger partial charge is 0.410 e. The molecule has 0 saturated heterocycles. The first-order valence-electron chi connectivity index (χ1n) is 14.0. The minimum Gasteiger partial charge on any atom is -0.506 e. The molecule has 0 bridgehead atoms. The molecule has 10 heteroatoms. The van der Waals surface area contributed by atoms with E-state index in [2.05, 4.69) is 13.8 Å². The van der Waals surface area contributed by atoms with Gasteiger partial charge in [0.1, 0.15) is 30.3 Å². The first-order valence-corrected chi connectivity index (χ1v) is 14.0. The van der Waals surface area contributed by atoms with Crippen LogP contribution in [0.15, 0.2) is 48.5 Å². The van der Waals surface area contributed by atoms with Crippen LogP contribution in [0.2, 0.25) is 0 Å². The predicted molar refractivity (Wildman–Crippen MR) is 152 cm³/mol. The summed E-state index contributed by atoms with van der Waals surface area (Å²) in [4.78, 5) is 29.8. The zero-order chi connectivity index (χ0) is 29.3. The molecule has 2 aromatic carbocycles. The van der Waals surface area contributed by atoms with E-state index in [4.69, 9.17) is 19.3 Å². The zero-order valence-electron chi connectivity index (χ0n) is 24.3. The van der Waals surface area contributed by atoms with E-state index in [-0.39, 0.29) is 38.0 Å². The summed E-state index contributed by atoms with van der Waals surface area (Å²) in [6, 6.07) is 14.5. The zero-order valence-corrected chi connectivity index (χ0v) is 24.3. The number of amides is 2. The number of hydrogen-bond donors (Lipinski definition) is 1. The molecule has 218 valence electrons. The van der Waals surface area contributed by atoms with Crippen LogP contribution < -0.4 is 4.74 Å². The number of ether oxygens (including phenoxy) is 3. The van der Waals surface area contributed by atoms with Crippen LogP contribution in [0.25, 0.3) is 5.69 Å². The Bertz CT molecular complexity index is 1410. The molecule has 1 aromatic heterocycles. The molecular formula is C31H38N4O6. The highest BCUT2D eigenvalue weighted by Gasteiger charge is 2.42. The van der Waals surface area contributed by atoms with Gasteiger partial charge in [-0.2, -0.15) is 0 Å². The number of benzene rings is 2. The number of carbonyl (C=O) groups excluding carboxylic acids is 2. The molecule has 0 fully saturated rings. The lowest BCUT2D eigenvalue weighted by molar-refractivity contribution is 0.00636. The van der Waals surface area contributed by atoms with Crippen LogP contribution >= 0.6 is 0 Å². The van der Waals surface area contributed by atoms with Crippen LogP contribution in [0.4, 0.5) is 9.59 Å². The highest BCUT2D eigenvalue weighted by Crippen LogP contribution is 2.41. The average molecular weight is 563 g/mol. The van der Waals surface area contributed by atoms with E-state index in [1.165, 1.54) is 0 Å². The van der Waals surface area contributed by atoms with E-state index >= 15 is 0 Å². The van der Waals surface area contributed by atoms with Crippen LogP contribution in [-0.4, -0.2) is 68.7 Å². The van der Waals surface area contributed by atoms with Gasteiger partial charge in [-0.3, -0.25) is 4.90 Å². The molecule has 2 aliphatic heterocycles. The maximum Gasteiger partial charge on any atom is 0.410 e. The number of phenolic OH excluding ortho intramolecular Hbond substituents is 1. The van der Waals surface area contributed by atoms with E-state index in [1.807, 2.05) is 63.2 Å². The molecule has 0 radical (unpaired) electrons. The molecule has 2 aliphatic rings. The number of carbonyl (C=O) groups is 2.